The Hall–Kier alpha value is -2.85. The monoisotopic (exact) mass is 420 g/mol. The van der Waals surface area contributed by atoms with Crippen LogP contribution in [-0.2, 0) is 19.1 Å². The number of carboxylic acids is 1. The van der Waals surface area contributed by atoms with E-state index in [4.69, 9.17) is 14.6 Å². The minimum absolute atomic E-state index is 0.290. The van der Waals surface area contributed by atoms with Crippen LogP contribution in [-0.4, -0.2) is 63.1 Å². The highest BCUT2D eigenvalue weighted by molar-refractivity contribution is 5.78. The van der Waals surface area contributed by atoms with Gasteiger partial charge in [-0.2, -0.15) is 0 Å². The SMILES string of the molecule is CC(C(=O)O[C@@H]1OC(C(=O)O)[C@@H](O)C(O)C1O)c1ccc(-c2ccccc2)c(F)c1. The van der Waals surface area contributed by atoms with E-state index in [1.54, 1.807) is 36.4 Å². The predicted octanol–water partition coefficient (Wildman–Crippen LogP) is 1.03. The first kappa shape index (κ1) is 21.8. The molecule has 1 aliphatic heterocycles. The summed E-state index contributed by atoms with van der Waals surface area (Å²) in [7, 11) is 0. The van der Waals surface area contributed by atoms with Gasteiger partial charge in [-0.15, -0.1) is 0 Å². The van der Waals surface area contributed by atoms with Crippen LogP contribution in [0.1, 0.15) is 18.4 Å². The number of ether oxygens (including phenoxy) is 2. The van der Waals surface area contributed by atoms with E-state index in [-0.39, 0.29) is 5.56 Å². The Bertz CT molecular complexity index is 918. The van der Waals surface area contributed by atoms with Crippen molar-refractivity contribution in [3.63, 3.8) is 0 Å². The molecule has 1 heterocycles. The van der Waals surface area contributed by atoms with Gasteiger partial charge in [0.1, 0.15) is 24.1 Å². The van der Waals surface area contributed by atoms with E-state index in [0.29, 0.717) is 11.1 Å². The maximum absolute atomic E-state index is 14.6. The van der Waals surface area contributed by atoms with Gasteiger partial charge in [0.25, 0.3) is 0 Å². The van der Waals surface area contributed by atoms with Crippen LogP contribution in [0.25, 0.3) is 11.1 Å². The smallest absolute Gasteiger partial charge is 0.335 e. The molecule has 2 aromatic rings. The molecule has 0 radical (unpaired) electrons. The lowest BCUT2D eigenvalue weighted by molar-refractivity contribution is -0.286. The second-order valence-electron chi connectivity index (χ2n) is 7.00. The highest BCUT2D eigenvalue weighted by atomic mass is 19.1. The van der Waals surface area contributed by atoms with Crippen molar-refractivity contribution in [2.24, 2.45) is 0 Å². The van der Waals surface area contributed by atoms with Crippen LogP contribution in [0.2, 0.25) is 0 Å². The molecule has 160 valence electrons. The number of halogens is 1. The Morgan fingerprint density at radius 2 is 1.70 bits per heavy atom. The number of carbonyl (C=O) groups is 2. The van der Waals surface area contributed by atoms with Gasteiger partial charge in [-0.25, -0.2) is 9.18 Å². The summed E-state index contributed by atoms with van der Waals surface area (Å²) in [6, 6.07) is 13.1. The Labute approximate surface area is 171 Å². The molecule has 8 nitrogen and oxygen atoms in total. The van der Waals surface area contributed by atoms with Gasteiger partial charge in [-0.1, -0.05) is 42.5 Å². The minimum Gasteiger partial charge on any atom is -0.479 e. The largest absolute Gasteiger partial charge is 0.479 e. The molecular formula is C21H21FO8. The van der Waals surface area contributed by atoms with E-state index in [9.17, 15) is 29.3 Å². The predicted molar refractivity (Wildman–Crippen MR) is 101 cm³/mol. The molecule has 0 bridgehead atoms. The highest BCUT2D eigenvalue weighted by Crippen LogP contribution is 2.28. The molecule has 0 aromatic heterocycles. The number of esters is 1. The second-order valence-corrected chi connectivity index (χ2v) is 7.00. The normalized spacial score (nSPS) is 27.3. The molecular weight excluding hydrogens is 399 g/mol. The zero-order valence-corrected chi connectivity index (χ0v) is 15.9. The summed E-state index contributed by atoms with van der Waals surface area (Å²) in [5, 5.41) is 38.5. The third kappa shape index (κ3) is 4.34. The molecule has 0 aliphatic carbocycles. The Morgan fingerprint density at radius 3 is 2.30 bits per heavy atom. The summed E-state index contributed by atoms with van der Waals surface area (Å²) in [5.74, 6) is -4.05. The summed E-state index contributed by atoms with van der Waals surface area (Å²) >= 11 is 0. The molecule has 4 N–H and O–H groups in total. The highest BCUT2D eigenvalue weighted by Gasteiger charge is 2.48. The molecule has 0 amide bonds. The average Bonchev–Trinajstić information content (AvgIpc) is 2.73. The summed E-state index contributed by atoms with van der Waals surface area (Å²) < 4.78 is 24.5. The van der Waals surface area contributed by atoms with Crippen LogP contribution in [0.3, 0.4) is 0 Å². The first-order valence-corrected chi connectivity index (χ1v) is 9.18. The maximum atomic E-state index is 14.6. The van der Waals surface area contributed by atoms with E-state index in [0.717, 1.165) is 0 Å². The summed E-state index contributed by atoms with van der Waals surface area (Å²) in [5.41, 5.74) is 1.31. The summed E-state index contributed by atoms with van der Waals surface area (Å²) in [4.78, 5) is 23.6. The van der Waals surface area contributed by atoms with E-state index in [2.05, 4.69) is 0 Å². The first-order chi connectivity index (χ1) is 14.2. The molecule has 4 unspecified atom stereocenters. The van der Waals surface area contributed by atoms with E-state index < -0.39 is 54.4 Å². The number of hydrogen-bond donors (Lipinski definition) is 4. The lowest BCUT2D eigenvalue weighted by Gasteiger charge is -2.38. The average molecular weight is 420 g/mol. The fourth-order valence-electron chi connectivity index (χ4n) is 3.15. The van der Waals surface area contributed by atoms with E-state index in [1.807, 2.05) is 0 Å². The van der Waals surface area contributed by atoms with E-state index in [1.165, 1.54) is 19.1 Å². The van der Waals surface area contributed by atoms with Crippen molar-refractivity contribution >= 4 is 11.9 Å². The molecule has 3 rings (SSSR count). The van der Waals surface area contributed by atoms with Crippen LogP contribution in [0, 0.1) is 5.82 Å². The lowest BCUT2D eigenvalue weighted by Crippen LogP contribution is -2.60. The van der Waals surface area contributed by atoms with Crippen molar-refractivity contribution in [3.8, 4) is 11.1 Å². The quantitative estimate of drug-likeness (QED) is 0.527. The van der Waals surface area contributed by atoms with Crippen molar-refractivity contribution in [1.82, 2.24) is 0 Å². The Kier molecular flexibility index (Phi) is 6.47. The van der Waals surface area contributed by atoms with Crippen molar-refractivity contribution in [3.05, 3.63) is 59.9 Å². The standard InChI is InChI=1S/C21H21FO8/c1-10(12-7-8-13(14(22)9-12)11-5-3-2-4-6-11)20(28)30-21-17(25)15(23)16(24)18(29-21)19(26)27/h2-10,15-18,21,23-25H,1H3,(H,26,27)/t10?,15?,16-,17?,18?,21-/m0/s1. The van der Waals surface area contributed by atoms with Gasteiger partial charge in [-0.05, 0) is 24.1 Å². The molecule has 9 heteroatoms. The summed E-state index contributed by atoms with van der Waals surface area (Å²) in [6.07, 6.45) is -9.35. The van der Waals surface area contributed by atoms with Gasteiger partial charge in [0.2, 0.25) is 6.29 Å². The topological polar surface area (TPSA) is 134 Å². The molecule has 6 atom stereocenters. The fourth-order valence-corrected chi connectivity index (χ4v) is 3.15. The van der Waals surface area contributed by atoms with Crippen LogP contribution in [0.15, 0.2) is 48.5 Å². The third-order valence-electron chi connectivity index (χ3n) is 4.98. The van der Waals surface area contributed by atoms with Crippen molar-refractivity contribution in [1.29, 1.82) is 0 Å². The van der Waals surface area contributed by atoms with Gasteiger partial charge in [0, 0.05) is 5.56 Å². The van der Waals surface area contributed by atoms with Gasteiger partial charge < -0.3 is 29.9 Å². The van der Waals surface area contributed by atoms with Crippen LogP contribution in [0.5, 0.6) is 0 Å². The summed E-state index contributed by atoms with van der Waals surface area (Å²) in [6.45, 7) is 1.44. The molecule has 0 spiro atoms. The molecule has 1 aliphatic rings. The molecule has 30 heavy (non-hydrogen) atoms. The molecule has 1 saturated heterocycles. The number of carbonyl (C=O) groups excluding carboxylic acids is 1. The number of aliphatic hydroxyl groups excluding tert-OH is 3. The van der Waals surface area contributed by atoms with Crippen molar-refractivity contribution in [2.75, 3.05) is 0 Å². The van der Waals surface area contributed by atoms with Crippen LogP contribution < -0.4 is 0 Å². The number of aliphatic hydroxyl groups is 3. The zero-order chi connectivity index (χ0) is 22.0. The van der Waals surface area contributed by atoms with Gasteiger partial charge in [-0.3, -0.25) is 4.79 Å². The number of rotatable bonds is 5. The number of aliphatic carboxylic acids is 1. The maximum Gasteiger partial charge on any atom is 0.335 e. The third-order valence-corrected chi connectivity index (χ3v) is 4.98. The Morgan fingerprint density at radius 1 is 1.03 bits per heavy atom. The Balaban J connectivity index is 1.74. The van der Waals surface area contributed by atoms with Gasteiger partial charge in [0.15, 0.2) is 6.10 Å². The fraction of sp³-hybridized carbons (Fsp3) is 0.333. The van der Waals surface area contributed by atoms with Crippen molar-refractivity contribution in [2.45, 2.75) is 43.5 Å². The number of benzene rings is 2. The van der Waals surface area contributed by atoms with Crippen LogP contribution in [0.4, 0.5) is 4.39 Å². The molecule has 1 fully saturated rings. The van der Waals surface area contributed by atoms with E-state index >= 15 is 0 Å². The van der Waals surface area contributed by atoms with Gasteiger partial charge in [0.05, 0.1) is 5.92 Å². The first-order valence-electron chi connectivity index (χ1n) is 9.18. The van der Waals surface area contributed by atoms with Crippen LogP contribution >= 0.6 is 0 Å². The molecule has 2 aromatic carbocycles. The van der Waals surface area contributed by atoms with Crippen molar-refractivity contribution < 1.29 is 43.9 Å². The number of hydrogen-bond acceptors (Lipinski definition) is 7. The van der Waals surface area contributed by atoms with Gasteiger partial charge >= 0.3 is 11.9 Å². The lowest BCUT2D eigenvalue weighted by atomic mass is 9.96. The second kappa shape index (κ2) is 8.88. The number of carboxylic acid groups (broad SMARTS) is 1. The molecule has 0 saturated carbocycles. The minimum atomic E-state index is -1.90. The zero-order valence-electron chi connectivity index (χ0n) is 15.9.